The first-order valence-corrected chi connectivity index (χ1v) is 10.4. The van der Waals surface area contributed by atoms with Crippen LogP contribution in [0.2, 0.25) is 0 Å². The normalized spacial score (nSPS) is 13.9. The van der Waals surface area contributed by atoms with Crippen molar-refractivity contribution in [3.8, 4) is 5.75 Å². The maximum atomic E-state index is 12.0. The Labute approximate surface area is 185 Å². The summed E-state index contributed by atoms with van der Waals surface area (Å²) in [6.07, 6.45) is 1.49. The second-order valence-electron chi connectivity index (χ2n) is 5.52. The smallest absolute Gasteiger partial charge is 0.263 e. The van der Waals surface area contributed by atoms with Gasteiger partial charge in [0.1, 0.15) is 17.9 Å². The van der Waals surface area contributed by atoms with Crippen LogP contribution in [0.5, 0.6) is 5.75 Å². The van der Waals surface area contributed by atoms with E-state index in [2.05, 4.69) is 58.4 Å². The number of rotatable bonds is 4. The predicted octanol–water partition coefficient (Wildman–Crippen LogP) is 4.47. The molecule has 0 atom stereocenters. The molecular formula is C18H11Br3N2O3S. The number of hydrogen-bond donors (Lipinski definition) is 2. The largest absolute Gasteiger partial charge is 0.487 e. The Kier molecular flexibility index (Phi) is 6.46. The molecule has 1 fully saturated rings. The van der Waals surface area contributed by atoms with Gasteiger partial charge in [-0.15, -0.1) is 0 Å². The van der Waals surface area contributed by atoms with Crippen molar-refractivity contribution in [3.63, 3.8) is 0 Å². The van der Waals surface area contributed by atoms with E-state index in [1.54, 1.807) is 12.1 Å². The van der Waals surface area contributed by atoms with Gasteiger partial charge >= 0.3 is 0 Å². The van der Waals surface area contributed by atoms with Gasteiger partial charge in [0, 0.05) is 4.47 Å². The van der Waals surface area contributed by atoms with Crippen molar-refractivity contribution in [1.82, 2.24) is 10.6 Å². The fourth-order valence-electron chi connectivity index (χ4n) is 2.31. The zero-order valence-corrected chi connectivity index (χ0v) is 19.1. The van der Waals surface area contributed by atoms with Crippen LogP contribution in [0.25, 0.3) is 6.08 Å². The molecule has 0 aliphatic carbocycles. The van der Waals surface area contributed by atoms with E-state index in [4.69, 9.17) is 17.0 Å². The Morgan fingerprint density at radius 2 is 1.52 bits per heavy atom. The molecule has 2 aromatic rings. The molecule has 0 spiro atoms. The van der Waals surface area contributed by atoms with E-state index in [9.17, 15) is 9.59 Å². The standard InChI is InChI=1S/C18H11Br3N2O3S/c19-11-3-1-9(2-4-11)8-26-15-13(20)6-10(7-14(15)21)5-12-16(24)22-18(27)23-17(12)25/h1-7H,8H2,(H2,22,23,24,25,27). The van der Waals surface area contributed by atoms with Gasteiger partial charge in [0.25, 0.3) is 11.8 Å². The minimum absolute atomic E-state index is 0.00111. The van der Waals surface area contributed by atoms with Gasteiger partial charge in [-0.05, 0) is 85.5 Å². The molecular weight excluding hydrogens is 564 g/mol. The highest BCUT2D eigenvalue weighted by Crippen LogP contribution is 2.36. The Hall–Kier alpha value is -1.55. The monoisotopic (exact) mass is 572 g/mol. The number of halogens is 3. The summed E-state index contributed by atoms with van der Waals surface area (Å²) in [5, 5.41) is 4.81. The summed E-state index contributed by atoms with van der Waals surface area (Å²) in [5.41, 5.74) is 1.65. The van der Waals surface area contributed by atoms with Gasteiger partial charge in [-0.2, -0.15) is 0 Å². The molecule has 2 aromatic carbocycles. The molecule has 2 N–H and O–H groups in total. The third-order valence-corrected chi connectivity index (χ3v) is 5.48. The number of hydrogen-bond acceptors (Lipinski definition) is 4. The zero-order valence-electron chi connectivity index (χ0n) is 13.5. The van der Waals surface area contributed by atoms with Crippen LogP contribution in [0.15, 0.2) is 55.4 Å². The van der Waals surface area contributed by atoms with Gasteiger partial charge in [0.15, 0.2) is 5.11 Å². The SMILES string of the molecule is O=C1NC(=S)NC(=O)C1=Cc1cc(Br)c(OCc2ccc(Br)cc2)c(Br)c1. The van der Waals surface area contributed by atoms with Crippen LogP contribution in [-0.4, -0.2) is 16.9 Å². The molecule has 2 amide bonds. The maximum Gasteiger partial charge on any atom is 0.263 e. The average Bonchev–Trinajstić information content (AvgIpc) is 2.59. The number of amides is 2. The van der Waals surface area contributed by atoms with Crippen LogP contribution in [0.3, 0.4) is 0 Å². The van der Waals surface area contributed by atoms with Crippen molar-refractivity contribution in [1.29, 1.82) is 0 Å². The fraction of sp³-hybridized carbons (Fsp3) is 0.0556. The lowest BCUT2D eigenvalue weighted by atomic mass is 10.1. The Bertz CT molecular complexity index is 929. The van der Waals surface area contributed by atoms with Gasteiger partial charge in [-0.25, -0.2) is 0 Å². The lowest BCUT2D eigenvalue weighted by Gasteiger charge is -2.16. The van der Waals surface area contributed by atoms with E-state index < -0.39 is 11.8 Å². The van der Waals surface area contributed by atoms with Gasteiger partial charge in [-0.3, -0.25) is 20.2 Å². The van der Waals surface area contributed by atoms with Gasteiger partial charge < -0.3 is 4.74 Å². The van der Waals surface area contributed by atoms with Crippen LogP contribution in [-0.2, 0) is 16.2 Å². The van der Waals surface area contributed by atoms with E-state index in [0.717, 1.165) is 10.0 Å². The maximum absolute atomic E-state index is 12.0. The van der Waals surface area contributed by atoms with Crippen molar-refractivity contribution in [2.45, 2.75) is 6.61 Å². The van der Waals surface area contributed by atoms with Gasteiger partial charge in [-0.1, -0.05) is 28.1 Å². The molecule has 3 rings (SSSR count). The molecule has 0 aromatic heterocycles. The predicted molar refractivity (Wildman–Crippen MR) is 117 cm³/mol. The van der Waals surface area contributed by atoms with Gasteiger partial charge in [0.05, 0.1) is 8.95 Å². The average molecular weight is 575 g/mol. The third-order valence-electron chi connectivity index (χ3n) is 3.57. The van der Waals surface area contributed by atoms with Crippen molar-refractivity contribution in [3.05, 3.63) is 66.5 Å². The number of carbonyl (C=O) groups excluding carboxylic acids is 2. The van der Waals surface area contributed by atoms with Crippen molar-refractivity contribution >= 4 is 83.0 Å². The Balaban J connectivity index is 1.81. The van der Waals surface area contributed by atoms with Crippen LogP contribution in [0.4, 0.5) is 0 Å². The first kappa shape index (κ1) is 20.2. The van der Waals surface area contributed by atoms with Gasteiger partial charge in [0.2, 0.25) is 0 Å². The van der Waals surface area contributed by atoms with E-state index in [-0.39, 0.29) is 10.7 Å². The lowest BCUT2D eigenvalue weighted by molar-refractivity contribution is -0.123. The van der Waals surface area contributed by atoms with Crippen molar-refractivity contribution in [2.24, 2.45) is 0 Å². The summed E-state index contributed by atoms with van der Waals surface area (Å²) in [4.78, 5) is 23.9. The number of carbonyl (C=O) groups is 2. The Morgan fingerprint density at radius 1 is 0.963 bits per heavy atom. The van der Waals surface area contributed by atoms with E-state index in [1.807, 2.05) is 24.3 Å². The molecule has 27 heavy (non-hydrogen) atoms. The number of ether oxygens (including phenoxy) is 1. The second-order valence-corrected chi connectivity index (χ2v) is 8.56. The van der Waals surface area contributed by atoms with Crippen molar-refractivity contribution in [2.75, 3.05) is 0 Å². The van der Waals surface area contributed by atoms with Crippen molar-refractivity contribution < 1.29 is 14.3 Å². The minimum atomic E-state index is -0.536. The number of benzene rings is 2. The summed E-state index contributed by atoms with van der Waals surface area (Å²) in [5.74, 6) is -0.447. The molecule has 1 aliphatic rings. The van der Waals surface area contributed by atoms with E-state index >= 15 is 0 Å². The summed E-state index contributed by atoms with van der Waals surface area (Å²) >= 11 is 15.1. The molecule has 138 valence electrons. The summed E-state index contributed by atoms with van der Waals surface area (Å²) in [6, 6.07) is 11.4. The first-order chi connectivity index (χ1) is 12.8. The summed E-state index contributed by atoms with van der Waals surface area (Å²) < 4.78 is 8.27. The summed E-state index contributed by atoms with van der Waals surface area (Å²) in [6.45, 7) is 0.396. The molecule has 0 radical (unpaired) electrons. The molecule has 1 saturated heterocycles. The zero-order chi connectivity index (χ0) is 19.6. The van der Waals surface area contributed by atoms with E-state index in [0.29, 0.717) is 26.9 Å². The third kappa shape index (κ3) is 5.04. The highest BCUT2D eigenvalue weighted by molar-refractivity contribution is 9.11. The molecule has 1 heterocycles. The molecule has 0 bridgehead atoms. The van der Waals surface area contributed by atoms with Crippen LogP contribution in [0, 0.1) is 0 Å². The first-order valence-electron chi connectivity index (χ1n) is 7.58. The van der Waals surface area contributed by atoms with E-state index in [1.165, 1.54) is 6.08 Å². The molecule has 5 nitrogen and oxygen atoms in total. The fourth-order valence-corrected chi connectivity index (χ4v) is 4.21. The van der Waals surface area contributed by atoms with Crippen LogP contribution in [0.1, 0.15) is 11.1 Å². The highest BCUT2D eigenvalue weighted by Gasteiger charge is 2.25. The topological polar surface area (TPSA) is 67.4 Å². The minimum Gasteiger partial charge on any atom is -0.487 e. The molecule has 1 aliphatic heterocycles. The molecule has 0 unspecified atom stereocenters. The number of nitrogens with one attached hydrogen (secondary N) is 2. The quantitative estimate of drug-likeness (QED) is 0.321. The lowest BCUT2D eigenvalue weighted by Crippen LogP contribution is -2.51. The Morgan fingerprint density at radius 3 is 2.07 bits per heavy atom. The molecule has 0 saturated carbocycles. The number of thiocarbonyl (C=S) groups is 1. The highest BCUT2D eigenvalue weighted by atomic mass is 79.9. The van der Waals surface area contributed by atoms with Crippen LogP contribution >= 0.6 is 60.0 Å². The summed E-state index contributed by atoms with van der Waals surface area (Å²) in [7, 11) is 0. The second kappa shape index (κ2) is 8.64. The van der Waals surface area contributed by atoms with Crippen LogP contribution < -0.4 is 15.4 Å². The molecule has 9 heteroatoms.